The zero-order valence-electron chi connectivity index (χ0n) is 15.3. The molecule has 0 spiro atoms. The highest BCUT2D eigenvalue weighted by Crippen LogP contribution is 2.36. The second kappa shape index (κ2) is 9.10. The third-order valence-electron chi connectivity index (χ3n) is 4.83. The second-order valence-corrected chi connectivity index (χ2v) is 7.74. The van der Waals surface area contributed by atoms with Gasteiger partial charge in [-0.05, 0) is 38.3 Å². The highest BCUT2D eigenvalue weighted by molar-refractivity contribution is 7.09. The lowest BCUT2D eigenvalue weighted by Gasteiger charge is -2.40. The zero-order valence-corrected chi connectivity index (χ0v) is 16.1. The van der Waals surface area contributed by atoms with Crippen molar-refractivity contribution in [3.8, 4) is 0 Å². The number of thiazole rings is 1. The first kappa shape index (κ1) is 18.8. The van der Waals surface area contributed by atoms with Crippen LogP contribution in [0.3, 0.4) is 0 Å². The normalized spacial score (nSPS) is 21.1. The van der Waals surface area contributed by atoms with Crippen LogP contribution in [0.2, 0.25) is 0 Å². The molecule has 138 valence electrons. The van der Waals surface area contributed by atoms with E-state index in [1.807, 2.05) is 36.7 Å². The molecule has 0 radical (unpaired) electrons. The number of hydrogen-bond donors (Lipinski definition) is 0. The highest BCUT2D eigenvalue weighted by Gasteiger charge is 2.42. The van der Waals surface area contributed by atoms with E-state index in [1.165, 1.54) is 0 Å². The Morgan fingerprint density at radius 3 is 2.96 bits per heavy atom. The van der Waals surface area contributed by atoms with Gasteiger partial charge in [0.2, 0.25) is 0 Å². The quantitative estimate of drug-likeness (QED) is 0.678. The number of carbonyl (C=O) groups is 1. The van der Waals surface area contributed by atoms with E-state index >= 15 is 0 Å². The number of esters is 1. The van der Waals surface area contributed by atoms with E-state index in [0.29, 0.717) is 13.0 Å². The Labute approximate surface area is 159 Å². The first-order chi connectivity index (χ1) is 12.7. The molecule has 0 bridgehead atoms. The largest absolute Gasteiger partial charge is 0.466 e. The van der Waals surface area contributed by atoms with Crippen LogP contribution in [0.15, 0.2) is 48.0 Å². The van der Waals surface area contributed by atoms with Gasteiger partial charge in [-0.1, -0.05) is 42.5 Å². The van der Waals surface area contributed by atoms with Gasteiger partial charge in [-0.2, -0.15) is 0 Å². The summed E-state index contributed by atoms with van der Waals surface area (Å²) in [5, 5.41) is 3.10. The summed E-state index contributed by atoms with van der Waals surface area (Å²) in [4.78, 5) is 19.5. The van der Waals surface area contributed by atoms with Crippen molar-refractivity contribution < 1.29 is 9.53 Å². The first-order valence-electron chi connectivity index (χ1n) is 9.21. The van der Waals surface area contributed by atoms with E-state index in [4.69, 9.17) is 4.74 Å². The van der Waals surface area contributed by atoms with Gasteiger partial charge in [0, 0.05) is 18.1 Å². The fourth-order valence-electron chi connectivity index (χ4n) is 3.57. The summed E-state index contributed by atoms with van der Waals surface area (Å²) < 4.78 is 5.46. The van der Waals surface area contributed by atoms with Crippen molar-refractivity contribution >= 4 is 23.4 Å². The number of rotatable bonds is 7. The topological polar surface area (TPSA) is 42.4 Å². The number of carbonyl (C=O) groups excluding carboxylic acids is 1. The molecule has 0 aliphatic carbocycles. The van der Waals surface area contributed by atoms with Gasteiger partial charge in [-0.25, -0.2) is 4.98 Å². The molecular weight excluding hydrogens is 344 g/mol. The number of aromatic nitrogens is 1. The second-order valence-electron chi connectivity index (χ2n) is 6.76. The van der Waals surface area contributed by atoms with Crippen LogP contribution in [0.25, 0.3) is 6.08 Å². The summed E-state index contributed by atoms with van der Waals surface area (Å²) in [5.41, 5.74) is 0.693. The van der Waals surface area contributed by atoms with Crippen molar-refractivity contribution in [1.29, 1.82) is 0 Å². The fraction of sp³-hybridized carbons (Fsp3) is 0.429. The lowest BCUT2D eigenvalue weighted by atomic mass is 9.76. The smallest absolute Gasteiger partial charge is 0.313 e. The molecule has 0 N–H and O–H groups in total. The molecule has 0 saturated carbocycles. The molecule has 1 fully saturated rings. The molecule has 2 heterocycles. The molecule has 1 aliphatic heterocycles. The summed E-state index contributed by atoms with van der Waals surface area (Å²) in [7, 11) is 0. The third-order valence-corrected chi connectivity index (χ3v) is 5.59. The van der Waals surface area contributed by atoms with Crippen LogP contribution in [0, 0.1) is 5.41 Å². The van der Waals surface area contributed by atoms with Crippen molar-refractivity contribution in [3.05, 3.63) is 58.6 Å². The van der Waals surface area contributed by atoms with Crippen LogP contribution in [-0.4, -0.2) is 35.5 Å². The summed E-state index contributed by atoms with van der Waals surface area (Å²) in [5.74, 6) is -0.0680. The SMILES string of the molecule is CCOC(=O)[C@]1(C/C=C/c2ccccc2)CCCN(Cc2nccs2)C1. The highest BCUT2D eigenvalue weighted by atomic mass is 32.1. The number of nitrogens with zero attached hydrogens (tertiary/aromatic N) is 2. The molecule has 4 nitrogen and oxygen atoms in total. The summed E-state index contributed by atoms with van der Waals surface area (Å²) in [6, 6.07) is 10.2. The van der Waals surface area contributed by atoms with E-state index in [0.717, 1.165) is 43.0 Å². The predicted molar refractivity (Wildman–Crippen MR) is 106 cm³/mol. The standard InChI is InChI=1S/C21H26N2O2S/c1-2-25-20(24)21(11-6-10-18-8-4-3-5-9-18)12-7-14-23(17-21)16-19-22-13-15-26-19/h3-6,8-10,13,15H,2,7,11-12,14,16-17H2,1H3/b10-6+/t21-/m1/s1. The minimum absolute atomic E-state index is 0.0680. The van der Waals surface area contributed by atoms with E-state index in [2.05, 4.69) is 34.2 Å². The van der Waals surface area contributed by atoms with Gasteiger partial charge >= 0.3 is 5.97 Å². The number of hydrogen-bond acceptors (Lipinski definition) is 5. The summed E-state index contributed by atoms with van der Waals surface area (Å²) in [6.45, 7) is 4.84. The van der Waals surface area contributed by atoms with Crippen molar-refractivity contribution in [1.82, 2.24) is 9.88 Å². The minimum Gasteiger partial charge on any atom is -0.466 e. The Balaban J connectivity index is 1.72. The van der Waals surface area contributed by atoms with Gasteiger partial charge in [0.25, 0.3) is 0 Å². The minimum atomic E-state index is -0.462. The lowest BCUT2D eigenvalue weighted by Crippen LogP contribution is -2.48. The van der Waals surface area contributed by atoms with Crippen molar-refractivity contribution in [3.63, 3.8) is 0 Å². The van der Waals surface area contributed by atoms with E-state index in [-0.39, 0.29) is 5.97 Å². The number of benzene rings is 1. The van der Waals surface area contributed by atoms with Crippen molar-refractivity contribution in [2.24, 2.45) is 5.41 Å². The van der Waals surface area contributed by atoms with E-state index in [9.17, 15) is 4.79 Å². The first-order valence-corrected chi connectivity index (χ1v) is 10.1. The number of allylic oxidation sites excluding steroid dienone is 1. The van der Waals surface area contributed by atoms with Crippen LogP contribution in [0.1, 0.15) is 36.8 Å². The predicted octanol–water partition coefficient (Wildman–Crippen LogP) is 4.39. The fourth-order valence-corrected chi connectivity index (χ4v) is 4.23. The molecule has 1 atom stereocenters. The van der Waals surface area contributed by atoms with Gasteiger partial charge < -0.3 is 4.74 Å². The maximum absolute atomic E-state index is 12.8. The maximum atomic E-state index is 12.8. The number of ether oxygens (including phenoxy) is 1. The summed E-state index contributed by atoms with van der Waals surface area (Å²) in [6.07, 6.45) is 8.64. The van der Waals surface area contributed by atoms with Gasteiger partial charge in [-0.3, -0.25) is 9.69 Å². The van der Waals surface area contributed by atoms with Crippen LogP contribution in [0.5, 0.6) is 0 Å². The number of likely N-dealkylation sites (tertiary alicyclic amines) is 1. The van der Waals surface area contributed by atoms with Crippen molar-refractivity contribution in [2.45, 2.75) is 32.7 Å². The van der Waals surface area contributed by atoms with Gasteiger partial charge in [0.15, 0.2) is 0 Å². The van der Waals surface area contributed by atoms with E-state index < -0.39 is 5.41 Å². The Morgan fingerprint density at radius 1 is 1.38 bits per heavy atom. The molecule has 5 heteroatoms. The number of piperidine rings is 1. The lowest BCUT2D eigenvalue weighted by molar-refractivity contribution is -0.159. The molecule has 26 heavy (non-hydrogen) atoms. The van der Waals surface area contributed by atoms with Crippen LogP contribution < -0.4 is 0 Å². The average molecular weight is 371 g/mol. The molecular formula is C21H26N2O2S. The van der Waals surface area contributed by atoms with Gasteiger partial charge in [0.1, 0.15) is 5.01 Å². The maximum Gasteiger partial charge on any atom is 0.313 e. The average Bonchev–Trinajstić information content (AvgIpc) is 3.16. The Morgan fingerprint density at radius 2 is 2.23 bits per heavy atom. The Kier molecular flexibility index (Phi) is 6.58. The third kappa shape index (κ3) is 4.80. The molecule has 0 unspecified atom stereocenters. The molecule has 1 aliphatic rings. The molecule has 3 rings (SSSR count). The molecule has 1 aromatic carbocycles. The van der Waals surface area contributed by atoms with Crippen molar-refractivity contribution in [2.75, 3.05) is 19.7 Å². The van der Waals surface area contributed by atoms with Crippen LogP contribution >= 0.6 is 11.3 Å². The van der Waals surface area contributed by atoms with E-state index in [1.54, 1.807) is 11.3 Å². The van der Waals surface area contributed by atoms with Crippen LogP contribution in [0.4, 0.5) is 0 Å². The van der Waals surface area contributed by atoms with Crippen LogP contribution in [-0.2, 0) is 16.1 Å². The molecule has 0 amide bonds. The Hall–Kier alpha value is -1.98. The monoisotopic (exact) mass is 370 g/mol. The molecule has 1 saturated heterocycles. The Bertz CT molecular complexity index is 715. The summed E-state index contributed by atoms with van der Waals surface area (Å²) >= 11 is 1.67. The van der Waals surface area contributed by atoms with Gasteiger partial charge in [-0.15, -0.1) is 11.3 Å². The van der Waals surface area contributed by atoms with Gasteiger partial charge in [0.05, 0.1) is 18.6 Å². The molecule has 1 aromatic heterocycles. The molecule has 2 aromatic rings. The zero-order chi connectivity index (χ0) is 18.2.